The molecule has 0 radical (unpaired) electrons. The zero-order valence-electron chi connectivity index (χ0n) is 16.0. The molecule has 1 aromatic carbocycles. The summed E-state index contributed by atoms with van der Waals surface area (Å²) in [5.74, 6) is 0. The molecule has 2 N–H and O–H groups in total. The standard InChI is InChI=1S/C21H29N5O/c1-25-13-15-26(16-14-25)17-20(18-7-3-2-4-8-18)24-21(27)23-12-10-19-9-5-6-11-22-19/h2-9,11,20H,10,12-17H2,1H3,(H2,23,24,27). The number of hydrogen-bond donors (Lipinski definition) is 2. The molecule has 0 spiro atoms. The van der Waals surface area contributed by atoms with Crippen LogP contribution in [0.4, 0.5) is 4.79 Å². The van der Waals surface area contributed by atoms with Crippen molar-refractivity contribution >= 4 is 6.03 Å². The smallest absolute Gasteiger partial charge is 0.315 e. The molecule has 2 heterocycles. The average Bonchev–Trinajstić information content (AvgIpc) is 2.70. The van der Waals surface area contributed by atoms with Crippen LogP contribution in [0.3, 0.4) is 0 Å². The van der Waals surface area contributed by atoms with E-state index in [0.29, 0.717) is 6.54 Å². The number of piperazine rings is 1. The van der Waals surface area contributed by atoms with Crippen LogP contribution < -0.4 is 10.6 Å². The molecule has 1 aromatic heterocycles. The Balaban J connectivity index is 1.53. The van der Waals surface area contributed by atoms with Crippen molar-refractivity contribution in [1.82, 2.24) is 25.4 Å². The Kier molecular flexibility index (Phi) is 7.19. The molecule has 0 bridgehead atoms. The second-order valence-corrected chi connectivity index (χ2v) is 7.04. The highest BCUT2D eigenvalue weighted by Crippen LogP contribution is 2.15. The Morgan fingerprint density at radius 1 is 1.07 bits per heavy atom. The molecule has 1 atom stereocenters. The number of carbonyl (C=O) groups is 1. The number of amides is 2. The average molecular weight is 367 g/mol. The lowest BCUT2D eigenvalue weighted by molar-refractivity contribution is 0.142. The normalized spacial score (nSPS) is 16.6. The number of carbonyl (C=O) groups excluding carboxylic acids is 1. The molecule has 2 amide bonds. The molecule has 2 aromatic rings. The number of benzene rings is 1. The lowest BCUT2D eigenvalue weighted by atomic mass is 10.1. The molecule has 1 fully saturated rings. The van der Waals surface area contributed by atoms with E-state index in [0.717, 1.165) is 50.4 Å². The maximum absolute atomic E-state index is 12.4. The summed E-state index contributed by atoms with van der Waals surface area (Å²) >= 11 is 0. The molecule has 1 saturated heterocycles. The van der Waals surface area contributed by atoms with Crippen LogP contribution in [-0.4, -0.2) is 67.1 Å². The topological polar surface area (TPSA) is 60.5 Å². The van der Waals surface area contributed by atoms with Gasteiger partial charge in [0, 0.05) is 57.6 Å². The van der Waals surface area contributed by atoms with Crippen LogP contribution in [0.25, 0.3) is 0 Å². The van der Waals surface area contributed by atoms with Crippen LogP contribution in [0.2, 0.25) is 0 Å². The minimum Gasteiger partial charge on any atom is -0.338 e. The zero-order valence-corrected chi connectivity index (χ0v) is 16.0. The fourth-order valence-corrected chi connectivity index (χ4v) is 3.27. The van der Waals surface area contributed by atoms with E-state index in [1.165, 1.54) is 0 Å². The van der Waals surface area contributed by atoms with Gasteiger partial charge in [0.05, 0.1) is 6.04 Å². The lowest BCUT2D eigenvalue weighted by Crippen LogP contribution is -2.49. The van der Waals surface area contributed by atoms with E-state index in [4.69, 9.17) is 0 Å². The fraction of sp³-hybridized carbons (Fsp3) is 0.429. The number of hydrogen-bond acceptors (Lipinski definition) is 4. The molecule has 144 valence electrons. The van der Waals surface area contributed by atoms with Crippen LogP contribution >= 0.6 is 0 Å². The van der Waals surface area contributed by atoms with Gasteiger partial charge in [-0.25, -0.2) is 4.79 Å². The number of nitrogens with zero attached hydrogens (tertiary/aromatic N) is 3. The summed E-state index contributed by atoms with van der Waals surface area (Å²) in [6.07, 6.45) is 2.50. The minimum absolute atomic E-state index is 0.0237. The van der Waals surface area contributed by atoms with Gasteiger partial charge in [-0.3, -0.25) is 9.88 Å². The SMILES string of the molecule is CN1CCN(CC(NC(=O)NCCc2ccccn2)c2ccccc2)CC1. The lowest BCUT2D eigenvalue weighted by Gasteiger charge is -2.35. The van der Waals surface area contributed by atoms with Gasteiger partial charge in [0.1, 0.15) is 0 Å². The van der Waals surface area contributed by atoms with Crippen molar-refractivity contribution in [1.29, 1.82) is 0 Å². The van der Waals surface area contributed by atoms with Crippen molar-refractivity contribution in [2.45, 2.75) is 12.5 Å². The van der Waals surface area contributed by atoms with Crippen molar-refractivity contribution in [3.63, 3.8) is 0 Å². The predicted octanol–water partition coefficient (Wildman–Crippen LogP) is 1.91. The van der Waals surface area contributed by atoms with Crippen molar-refractivity contribution in [2.75, 3.05) is 46.3 Å². The number of aromatic nitrogens is 1. The van der Waals surface area contributed by atoms with Crippen LogP contribution in [0.1, 0.15) is 17.3 Å². The molecule has 3 rings (SSSR count). The van der Waals surface area contributed by atoms with Gasteiger partial charge in [-0.05, 0) is 24.7 Å². The van der Waals surface area contributed by atoms with E-state index in [9.17, 15) is 4.79 Å². The first-order valence-electron chi connectivity index (χ1n) is 9.61. The second kappa shape index (κ2) is 10.0. The number of urea groups is 1. The Labute approximate surface area is 161 Å². The molecule has 1 aliphatic rings. The number of nitrogens with one attached hydrogen (secondary N) is 2. The maximum atomic E-state index is 12.4. The summed E-state index contributed by atoms with van der Waals surface area (Å²) in [4.78, 5) is 21.5. The van der Waals surface area contributed by atoms with Gasteiger partial charge in [-0.1, -0.05) is 36.4 Å². The quantitative estimate of drug-likeness (QED) is 0.785. The maximum Gasteiger partial charge on any atom is 0.315 e. The summed E-state index contributed by atoms with van der Waals surface area (Å²) in [7, 11) is 2.15. The first-order chi connectivity index (χ1) is 13.2. The van der Waals surface area contributed by atoms with Crippen molar-refractivity contribution in [3.05, 3.63) is 66.0 Å². The molecular formula is C21H29N5O. The molecular weight excluding hydrogens is 338 g/mol. The summed E-state index contributed by atoms with van der Waals surface area (Å²) in [6, 6.07) is 15.9. The van der Waals surface area contributed by atoms with Crippen LogP contribution in [-0.2, 0) is 6.42 Å². The molecule has 1 unspecified atom stereocenters. The Morgan fingerprint density at radius 2 is 1.81 bits per heavy atom. The number of likely N-dealkylation sites (N-methyl/N-ethyl adjacent to an activating group) is 1. The highest BCUT2D eigenvalue weighted by atomic mass is 16.2. The highest BCUT2D eigenvalue weighted by molar-refractivity contribution is 5.74. The molecule has 6 nitrogen and oxygen atoms in total. The van der Waals surface area contributed by atoms with E-state index in [1.54, 1.807) is 6.20 Å². The Morgan fingerprint density at radius 3 is 2.52 bits per heavy atom. The highest BCUT2D eigenvalue weighted by Gasteiger charge is 2.21. The van der Waals surface area contributed by atoms with Gasteiger partial charge >= 0.3 is 6.03 Å². The van der Waals surface area contributed by atoms with Gasteiger partial charge in [-0.2, -0.15) is 0 Å². The molecule has 0 aliphatic carbocycles. The van der Waals surface area contributed by atoms with Crippen molar-refractivity contribution in [2.24, 2.45) is 0 Å². The summed E-state index contributed by atoms with van der Waals surface area (Å²) < 4.78 is 0. The molecule has 6 heteroatoms. The third-order valence-corrected chi connectivity index (χ3v) is 4.94. The Hall–Kier alpha value is -2.44. The molecule has 0 saturated carbocycles. The van der Waals surface area contributed by atoms with E-state index in [-0.39, 0.29) is 12.1 Å². The van der Waals surface area contributed by atoms with Crippen LogP contribution in [0, 0.1) is 0 Å². The summed E-state index contributed by atoms with van der Waals surface area (Å²) in [5.41, 5.74) is 2.12. The zero-order chi connectivity index (χ0) is 18.9. The first-order valence-corrected chi connectivity index (χ1v) is 9.61. The second-order valence-electron chi connectivity index (χ2n) is 7.04. The monoisotopic (exact) mass is 367 g/mol. The van der Waals surface area contributed by atoms with Crippen molar-refractivity contribution < 1.29 is 4.79 Å². The molecule has 1 aliphatic heterocycles. The van der Waals surface area contributed by atoms with E-state index in [2.05, 4.69) is 44.6 Å². The third kappa shape index (κ3) is 6.34. The number of pyridine rings is 1. The van der Waals surface area contributed by atoms with Gasteiger partial charge in [0.2, 0.25) is 0 Å². The van der Waals surface area contributed by atoms with Crippen LogP contribution in [0.5, 0.6) is 0 Å². The van der Waals surface area contributed by atoms with E-state index < -0.39 is 0 Å². The van der Waals surface area contributed by atoms with Gasteiger partial charge in [-0.15, -0.1) is 0 Å². The van der Waals surface area contributed by atoms with Gasteiger partial charge < -0.3 is 15.5 Å². The van der Waals surface area contributed by atoms with E-state index >= 15 is 0 Å². The number of rotatable bonds is 7. The molecule has 27 heavy (non-hydrogen) atoms. The minimum atomic E-state index is -0.131. The van der Waals surface area contributed by atoms with Gasteiger partial charge in [0.25, 0.3) is 0 Å². The predicted molar refractivity (Wildman–Crippen MR) is 108 cm³/mol. The summed E-state index contributed by atoms with van der Waals surface area (Å²) in [6.45, 7) is 5.59. The fourth-order valence-electron chi connectivity index (χ4n) is 3.27. The Bertz CT molecular complexity index is 686. The van der Waals surface area contributed by atoms with Crippen molar-refractivity contribution in [3.8, 4) is 0 Å². The first kappa shape index (κ1) is 19.3. The van der Waals surface area contributed by atoms with E-state index in [1.807, 2.05) is 36.4 Å². The third-order valence-electron chi connectivity index (χ3n) is 4.94. The van der Waals surface area contributed by atoms with Crippen LogP contribution in [0.15, 0.2) is 54.7 Å². The summed E-state index contributed by atoms with van der Waals surface area (Å²) in [5, 5.41) is 6.11. The van der Waals surface area contributed by atoms with Gasteiger partial charge in [0.15, 0.2) is 0 Å². The largest absolute Gasteiger partial charge is 0.338 e.